The molecule has 1 saturated heterocycles. The van der Waals surface area contributed by atoms with E-state index in [0.29, 0.717) is 29.1 Å². The Hall–Kier alpha value is -2.56. The minimum absolute atomic E-state index is 0.0654. The number of fused-ring (bicyclic) bond motifs is 1. The van der Waals surface area contributed by atoms with Crippen LogP contribution >= 0.6 is 0 Å². The second-order valence-corrected chi connectivity index (χ2v) is 8.34. The molecule has 28 heavy (non-hydrogen) atoms. The van der Waals surface area contributed by atoms with Gasteiger partial charge >= 0.3 is 0 Å². The van der Waals surface area contributed by atoms with Crippen molar-refractivity contribution in [3.63, 3.8) is 0 Å². The predicted octanol–water partition coefficient (Wildman–Crippen LogP) is 2.05. The molecule has 0 aliphatic carbocycles. The Bertz CT molecular complexity index is 916. The lowest BCUT2D eigenvalue weighted by Crippen LogP contribution is -2.45. The van der Waals surface area contributed by atoms with Crippen LogP contribution in [0.1, 0.15) is 39.2 Å². The Morgan fingerprint density at radius 1 is 1.32 bits per heavy atom. The molecule has 2 N–H and O–H groups in total. The summed E-state index contributed by atoms with van der Waals surface area (Å²) in [5.41, 5.74) is 1.19. The fraction of sp³-hybridized carbons (Fsp3) is 0.524. The van der Waals surface area contributed by atoms with E-state index in [1.165, 1.54) is 13.8 Å². The fourth-order valence-corrected chi connectivity index (χ4v) is 4.00. The molecule has 3 atom stereocenters. The van der Waals surface area contributed by atoms with Crippen LogP contribution < -0.4 is 4.90 Å². The summed E-state index contributed by atoms with van der Waals surface area (Å²) < 4.78 is 0. The molecule has 1 aromatic heterocycles. The molecule has 0 saturated carbocycles. The first-order valence-corrected chi connectivity index (χ1v) is 9.52. The zero-order chi connectivity index (χ0) is 20.5. The normalized spacial score (nSPS) is 21.4. The highest BCUT2D eigenvalue weighted by molar-refractivity contribution is 5.92. The van der Waals surface area contributed by atoms with Gasteiger partial charge in [0.25, 0.3) is 0 Å². The standard InChI is InChI=1S/C21H26N4O3/c1-13-8-14(9-17(26)20(27)21(2,3)28)12-25(11-13)16-5-4-15(10-22)18-19(16)24-7-6-23-18/h4-7,13-14,20,27-28H,8-9,11-12H2,1-3H3/t13-,14-,20-/m0/s1. The number of aromatic nitrogens is 2. The van der Waals surface area contributed by atoms with Gasteiger partial charge in [0.1, 0.15) is 23.2 Å². The van der Waals surface area contributed by atoms with Gasteiger partial charge in [-0.1, -0.05) is 6.92 Å². The Labute approximate surface area is 164 Å². The number of hydrogen-bond donors (Lipinski definition) is 2. The molecule has 7 nitrogen and oxygen atoms in total. The molecule has 1 fully saturated rings. The Morgan fingerprint density at radius 3 is 2.64 bits per heavy atom. The summed E-state index contributed by atoms with van der Waals surface area (Å²) in [6.07, 6.45) is 2.89. The molecule has 1 aliphatic rings. The Balaban J connectivity index is 1.85. The molecule has 1 aromatic carbocycles. The number of hydrogen-bond acceptors (Lipinski definition) is 7. The minimum atomic E-state index is -1.45. The van der Waals surface area contributed by atoms with E-state index in [9.17, 15) is 20.3 Å². The second kappa shape index (κ2) is 7.82. The predicted molar refractivity (Wildman–Crippen MR) is 106 cm³/mol. The molecular formula is C21H26N4O3. The zero-order valence-electron chi connectivity index (χ0n) is 16.5. The number of benzene rings is 1. The van der Waals surface area contributed by atoms with E-state index in [2.05, 4.69) is 27.9 Å². The van der Waals surface area contributed by atoms with Crippen molar-refractivity contribution in [3.8, 4) is 6.07 Å². The first-order chi connectivity index (χ1) is 13.2. The molecule has 1 aliphatic heterocycles. The minimum Gasteiger partial charge on any atom is -0.387 e. The maximum absolute atomic E-state index is 12.4. The van der Waals surface area contributed by atoms with Crippen molar-refractivity contribution in [2.75, 3.05) is 18.0 Å². The molecule has 2 heterocycles. The number of Topliss-reactive ketones (excluding diaryl/α,β-unsaturated/α-hetero) is 1. The largest absolute Gasteiger partial charge is 0.387 e. The fourth-order valence-electron chi connectivity index (χ4n) is 4.00. The summed E-state index contributed by atoms with van der Waals surface area (Å²) in [5.74, 6) is 0.0832. The van der Waals surface area contributed by atoms with E-state index in [1.807, 2.05) is 6.07 Å². The number of piperidine rings is 1. The van der Waals surface area contributed by atoms with Gasteiger partial charge in [0, 0.05) is 31.9 Å². The molecule has 7 heteroatoms. The van der Waals surface area contributed by atoms with E-state index in [4.69, 9.17) is 0 Å². The monoisotopic (exact) mass is 382 g/mol. The van der Waals surface area contributed by atoms with Gasteiger partial charge in [-0.2, -0.15) is 5.26 Å². The maximum Gasteiger partial charge on any atom is 0.164 e. The van der Waals surface area contributed by atoms with Crippen molar-refractivity contribution in [1.29, 1.82) is 5.26 Å². The molecule has 148 valence electrons. The van der Waals surface area contributed by atoms with E-state index < -0.39 is 11.7 Å². The van der Waals surface area contributed by atoms with E-state index in [-0.39, 0.29) is 18.1 Å². The van der Waals surface area contributed by atoms with Crippen LogP contribution in [0, 0.1) is 23.2 Å². The van der Waals surface area contributed by atoms with Gasteiger partial charge in [0.15, 0.2) is 5.78 Å². The third-order valence-electron chi connectivity index (χ3n) is 5.28. The molecule has 0 radical (unpaired) electrons. The zero-order valence-corrected chi connectivity index (χ0v) is 16.5. The van der Waals surface area contributed by atoms with Gasteiger partial charge in [0.2, 0.25) is 0 Å². The summed E-state index contributed by atoms with van der Waals surface area (Å²) in [5, 5.41) is 29.3. The number of ketones is 1. The number of rotatable bonds is 5. The smallest absolute Gasteiger partial charge is 0.164 e. The van der Waals surface area contributed by atoms with Crippen LogP contribution in [0.5, 0.6) is 0 Å². The van der Waals surface area contributed by atoms with Crippen molar-refractivity contribution in [2.24, 2.45) is 11.8 Å². The summed E-state index contributed by atoms with van der Waals surface area (Å²) in [6, 6.07) is 5.79. The summed E-state index contributed by atoms with van der Waals surface area (Å²) in [6.45, 7) is 6.47. The van der Waals surface area contributed by atoms with Crippen LogP contribution in [-0.2, 0) is 4.79 Å². The number of anilines is 1. The lowest BCUT2D eigenvalue weighted by Gasteiger charge is -2.38. The van der Waals surface area contributed by atoms with Gasteiger partial charge in [-0.05, 0) is 44.2 Å². The third kappa shape index (κ3) is 4.13. The number of carbonyl (C=O) groups excluding carboxylic acids is 1. The van der Waals surface area contributed by atoms with Crippen LogP contribution in [0.4, 0.5) is 5.69 Å². The van der Waals surface area contributed by atoms with Crippen molar-refractivity contribution >= 4 is 22.5 Å². The number of aliphatic hydroxyl groups is 2. The summed E-state index contributed by atoms with van der Waals surface area (Å²) >= 11 is 0. The maximum atomic E-state index is 12.4. The molecule has 3 rings (SSSR count). The van der Waals surface area contributed by atoms with E-state index >= 15 is 0 Å². The quantitative estimate of drug-likeness (QED) is 0.814. The highest BCUT2D eigenvalue weighted by Crippen LogP contribution is 2.33. The number of carbonyl (C=O) groups is 1. The van der Waals surface area contributed by atoms with Crippen LogP contribution in [0.25, 0.3) is 11.0 Å². The molecule has 0 unspecified atom stereocenters. The van der Waals surface area contributed by atoms with Gasteiger partial charge < -0.3 is 15.1 Å². The molecule has 0 bridgehead atoms. The van der Waals surface area contributed by atoms with E-state index in [0.717, 1.165) is 18.7 Å². The second-order valence-electron chi connectivity index (χ2n) is 8.34. The van der Waals surface area contributed by atoms with Crippen LogP contribution in [0.15, 0.2) is 24.5 Å². The van der Waals surface area contributed by atoms with E-state index in [1.54, 1.807) is 18.5 Å². The summed E-state index contributed by atoms with van der Waals surface area (Å²) in [4.78, 5) is 23.4. The number of nitrogens with zero attached hydrogens (tertiary/aromatic N) is 4. The van der Waals surface area contributed by atoms with Crippen LogP contribution in [0.3, 0.4) is 0 Å². The Morgan fingerprint density at radius 2 is 2.00 bits per heavy atom. The Kier molecular flexibility index (Phi) is 5.64. The first kappa shape index (κ1) is 20.2. The summed E-state index contributed by atoms with van der Waals surface area (Å²) in [7, 11) is 0. The first-order valence-electron chi connectivity index (χ1n) is 9.52. The van der Waals surface area contributed by atoms with Crippen LogP contribution in [-0.4, -0.2) is 50.8 Å². The van der Waals surface area contributed by atoms with Crippen molar-refractivity contribution in [2.45, 2.75) is 45.3 Å². The number of aliphatic hydroxyl groups excluding tert-OH is 1. The van der Waals surface area contributed by atoms with Crippen molar-refractivity contribution in [1.82, 2.24) is 9.97 Å². The molecule has 0 amide bonds. The number of nitriles is 1. The van der Waals surface area contributed by atoms with Gasteiger partial charge in [-0.25, -0.2) is 0 Å². The van der Waals surface area contributed by atoms with Crippen LogP contribution in [0.2, 0.25) is 0 Å². The lowest BCUT2D eigenvalue weighted by atomic mass is 9.84. The average Bonchev–Trinajstić information content (AvgIpc) is 2.65. The topological polar surface area (TPSA) is 110 Å². The van der Waals surface area contributed by atoms with Gasteiger partial charge in [-0.3, -0.25) is 14.8 Å². The lowest BCUT2D eigenvalue weighted by molar-refractivity contribution is -0.140. The average molecular weight is 382 g/mol. The molecule has 2 aromatic rings. The van der Waals surface area contributed by atoms with Crippen molar-refractivity contribution in [3.05, 3.63) is 30.1 Å². The third-order valence-corrected chi connectivity index (χ3v) is 5.28. The molecular weight excluding hydrogens is 356 g/mol. The van der Waals surface area contributed by atoms with Crippen molar-refractivity contribution < 1.29 is 15.0 Å². The highest BCUT2D eigenvalue weighted by atomic mass is 16.3. The van der Waals surface area contributed by atoms with Gasteiger partial charge in [-0.15, -0.1) is 0 Å². The molecule has 0 spiro atoms. The highest BCUT2D eigenvalue weighted by Gasteiger charge is 2.34. The van der Waals surface area contributed by atoms with Gasteiger partial charge in [0.05, 0.1) is 16.9 Å². The SMILES string of the molecule is C[C@H]1C[C@@H](CC(=O)[C@H](O)C(C)(C)O)CN(c2ccc(C#N)c3nccnc23)C1.